The van der Waals surface area contributed by atoms with Crippen molar-refractivity contribution in [2.75, 3.05) is 51.3 Å². The van der Waals surface area contributed by atoms with Gasteiger partial charge in [0.1, 0.15) is 11.8 Å². The van der Waals surface area contributed by atoms with Gasteiger partial charge in [-0.15, -0.1) is 0 Å². The number of piperidine rings is 3. The van der Waals surface area contributed by atoms with E-state index in [4.69, 9.17) is 4.74 Å². The first-order valence-electron chi connectivity index (χ1n) is 21.8. The van der Waals surface area contributed by atoms with Crippen molar-refractivity contribution in [3.8, 4) is 5.75 Å². The van der Waals surface area contributed by atoms with Crippen LogP contribution < -0.4 is 15.0 Å². The molecule has 0 bridgehead atoms. The third kappa shape index (κ3) is 6.93. The number of benzene rings is 3. The van der Waals surface area contributed by atoms with Crippen molar-refractivity contribution in [2.24, 2.45) is 5.41 Å². The molecule has 0 aliphatic carbocycles. The molecule has 5 amide bonds. The lowest BCUT2D eigenvalue weighted by atomic mass is 9.71. The van der Waals surface area contributed by atoms with Crippen molar-refractivity contribution < 1.29 is 37.5 Å². The maximum absolute atomic E-state index is 14.1. The lowest BCUT2D eigenvalue weighted by molar-refractivity contribution is -0.137. The number of likely N-dealkylation sites (tertiary alicyclic amines) is 1. The minimum atomic E-state index is -2.47. The average Bonchev–Trinajstić information content (AvgIpc) is 3.91. The van der Waals surface area contributed by atoms with Crippen molar-refractivity contribution in [1.82, 2.24) is 29.9 Å². The minimum Gasteiger partial charge on any atom is -0.496 e. The Morgan fingerprint density at radius 3 is 2.24 bits per heavy atom. The Bertz CT molecular complexity index is 2460. The van der Waals surface area contributed by atoms with E-state index in [1.165, 1.54) is 5.56 Å². The number of carbonyl (C=O) groups excluding carboxylic acids is 5. The van der Waals surface area contributed by atoms with E-state index in [1.807, 2.05) is 39.8 Å². The molecule has 6 aliphatic rings. The smallest absolute Gasteiger partial charge is 0.262 e. The van der Waals surface area contributed by atoms with E-state index in [-0.39, 0.29) is 54.4 Å². The van der Waals surface area contributed by atoms with Gasteiger partial charge in [0.05, 0.1) is 37.4 Å². The zero-order chi connectivity index (χ0) is 43.0. The number of nitrogens with zero attached hydrogens (tertiary/aromatic N) is 5. The topological polar surface area (TPSA) is 139 Å². The van der Waals surface area contributed by atoms with E-state index in [1.54, 1.807) is 19.2 Å². The molecular weight excluding hydrogens is 797 g/mol. The van der Waals surface area contributed by atoms with Gasteiger partial charge in [0, 0.05) is 85.6 Å². The first-order chi connectivity index (χ1) is 29.9. The van der Waals surface area contributed by atoms with Crippen molar-refractivity contribution in [2.45, 2.75) is 89.5 Å². The van der Waals surface area contributed by atoms with Crippen LogP contribution in [0.5, 0.6) is 5.75 Å². The molecule has 4 aromatic rings. The Morgan fingerprint density at radius 2 is 1.58 bits per heavy atom. The molecule has 13 nitrogen and oxygen atoms in total. The van der Waals surface area contributed by atoms with Gasteiger partial charge in [-0.1, -0.05) is 24.3 Å². The van der Waals surface area contributed by atoms with E-state index in [0.29, 0.717) is 38.3 Å². The standard InChI is InChI=1S/C47H51F2N7O6/c1-27-19-33-31-5-3-4-6-36(31)50-42(33)43(55(27)25-39(48)49)32-8-7-30(22-38(32)62-2)53-15-11-47(12-16-53)13-17-54(18-14-47)41(58)26-52-23-28-20-34-35(21-29(28)24-52)46(61)56(45(34)60)37-9-10-40(57)51-44(37)59/h3-8,20-22,27,37,39,43,50H,9-19,23-26H2,1-2H3,(H,51,57,59)/t27-,37?,43-/m1/s1. The number of rotatable bonds is 8. The third-order valence-corrected chi connectivity index (χ3v) is 14.7. The molecule has 1 unspecified atom stereocenters. The lowest BCUT2D eigenvalue weighted by Crippen LogP contribution is -2.54. The highest BCUT2D eigenvalue weighted by molar-refractivity contribution is 6.23. The summed E-state index contributed by atoms with van der Waals surface area (Å²) in [7, 11) is 1.65. The van der Waals surface area contributed by atoms with Crippen LogP contribution in [-0.4, -0.2) is 119 Å². The Balaban J connectivity index is 0.756. The number of hydrogen-bond acceptors (Lipinski definition) is 9. The summed E-state index contributed by atoms with van der Waals surface area (Å²) in [4.78, 5) is 77.3. The highest BCUT2D eigenvalue weighted by Gasteiger charge is 2.46. The number of alkyl halides is 2. The lowest BCUT2D eigenvalue weighted by Gasteiger charge is -2.47. The number of carbonyl (C=O) groups is 5. The number of ether oxygens (including phenoxy) is 1. The van der Waals surface area contributed by atoms with Crippen LogP contribution in [0.2, 0.25) is 0 Å². The van der Waals surface area contributed by atoms with Crippen molar-refractivity contribution in [3.05, 3.63) is 93.7 Å². The molecule has 1 aromatic heterocycles. The molecule has 1 spiro atoms. The molecule has 7 heterocycles. The number of anilines is 1. The number of imide groups is 2. The van der Waals surface area contributed by atoms with Gasteiger partial charge in [-0.25, -0.2) is 8.78 Å². The monoisotopic (exact) mass is 847 g/mol. The molecule has 2 N–H and O–H groups in total. The van der Waals surface area contributed by atoms with E-state index in [0.717, 1.165) is 82.6 Å². The van der Waals surface area contributed by atoms with Gasteiger partial charge in [0.15, 0.2) is 0 Å². The SMILES string of the molecule is COc1cc(N2CCC3(CCN(C(=O)CN4Cc5cc6c(cc5C4)C(=O)N(C4CCC(=O)NC4=O)C6=O)CC3)CC2)ccc1[C@@H]1c2[nH]c3ccccc3c2C[C@@H](C)N1CC(F)F. The van der Waals surface area contributed by atoms with Gasteiger partial charge in [-0.3, -0.25) is 44.0 Å². The number of halogens is 2. The third-order valence-electron chi connectivity index (χ3n) is 14.7. The van der Waals surface area contributed by atoms with Crippen LogP contribution in [0, 0.1) is 5.41 Å². The minimum absolute atomic E-state index is 0.0659. The van der Waals surface area contributed by atoms with Crippen LogP contribution >= 0.6 is 0 Å². The highest BCUT2D eigenvalue weighted by Crippen LogP contribution is 2.46. The van der Waals surface area contributed by atoms with E-state index >= 15 is 0 Å². The van der Waals surface area contributed by atoms with E-state index < -0.39 is 42.1 Å². The Kier molecular flexibility index (Phi) is 10.2. The van der Waals surface area contributed by atoms with Crippen LogP contribution in [0.4, 0.5) is 14.5 Å². The van der Waals surface area contributed by atoms with Gasteiger partial charge in [0.25, 0.3) is 18.2 Å². The zero-order valence-corrected chi connectivity index (χ0v) is 35.1. The molecule has 3 aromatic carbocycles. The van der Waals surface area contributed by atoms with Gasteiger partial charge < -0.3 is 19.5 Å². The van der Waals surface area contributed by atoms with Crippen LogP contribution in [0.1, 0.15) is 100 Å². The summed E-state index contributed by atoms with van der Waals surface area (Å²) in [6.45, 7) is 6.01. The van der Waals surface area contributed by atoms with Crippen LogP contribution in [-0.2, 0) is 33.9 Å². The number of fused-ring (bicyclic) bond motifs is 5. The summed E-state index contributed by atoms with van der Waals surface area (Å²) >= 11 is 0. The maximum atomic E-state index is 14.1. The van der Waals surface area contributed by atoms with Crippen LogP contribution in [0.3, 0.4) is 0 Å². The molecule has 0 radical (unpaired) electrons. The van der Waals surface area contributed by atoms with Gasteiger partial charge in [0.2, 0.25) is 17.7 Å². The highest BCUT2D eigenvalue weighted by atomic mass is 19.3. The van der Waals surface area contributed by atoms with Gasteiger partial charge >= 0.3 is 0 Å². The second-order valence-corrected chi connectivity index (χ2v) is 18.2. The van der Waals surface area contributed by atoms with Crippen molar-refractivity contribution >= 4 is 46.1 Å². The number of H-pyrrole nitrogens is 1. The second kappa shape index (κ2) is 15.6. The zero-order valence-electron chi connectivity index (χ0n) is 35.1. The number of aromatic amines is 1. The number of methoxy groups -OCH3 is 1. The molecule has 62 heavy (non-hydrogen) atoms. The molecule has 10 rings (SSSR count). The first-order valence-corrected chi connectivity index (χ1v) is 21.8. The molecule has 3 fully saturated rings. The molecule has 6 aliphatic heterocycles. The maximum Gasteiger partial charge on any atom is 0.262 e. The van der Waals surface area contributed by atoms with Crippen LogP contribution in [0.25, 0.3) is 10.9 Å². The molecule has 0 saturated carbocycles. The van der Waals surface area contributed by atoms with Crippen molar-refractivity contribution in [1.29, 1.82) is 0 Å². The summed E-state index contributed by atoms with van der Waals surface area (Å²) in [5.74, 6) is -1.36. The molecule has 15 heteroatoms. The Labute approximate surface area is 358 Å². The fourth-order valence-corrected chi connectivity index (χ4v) is 11.2. The van der Waals surface area contributed by atoms with Crippen LogP contribution in [0.15, 0.2) is 54.6 Å². The van der Waals surface area contributed by atoms with Gasteiger partial charge in [-0.05, 0) is 91.8 Å². The second-order valence-electron chi connectivity index (χ2n) is 18.2. The normalized spacial score (nSPS) is 24.0. The summed E-state index contributed by atoms with van der Waals surface area (Å²) in [5.41, 5.74) is 7.49. The summed E-state index contributed by atoms with van der Waals surface area (Å²) in [6, 6.07) is 16.3. The number of nitrogens with one attached hydrogen (secondary N) is 2. The van der Waals surface area contributed by atoms with E-state index in [9.17, 15) is 32.8 Å². The van der Waals surface area contributed by atoms with E-state index in [2.05, 4.69) is 39.5 Å². The fourth-order valence-electron chi connectivity index (χ4n) is 11.2. The predicted octanol–water partition coefficient (Wildman–Crippen LogP) is 5.40. The number of para-hydroxylation sites is 1. The summed E-state index contributed by atoms with van der Waals surface area (Å²) in [6.07, 6.45) is 2.26. The van der Waals surface area contributed by atoms with Gasteiger partial charge in [-0.2, -0.15) is 0 Å². The molecule has 3 atom stereocenters. The Morgan fingerprint density at radius 1 is 0.903 bits per heavy atom. The molecule has 3 saturated heterocycles. The number of amides is 5. The Hall–Kier alpha value is -5.67. The average molecular weight is 848 g/mol. The largest absolute Gasteiger partial charge is 0.496 e. The summed E-state index contributed by atoms with van der Waals surface area (Å²) < 4.78 is 34.2. The molecule has 324 valence electrons. The first kappa shape index (κ1) is 40.4. The molecular formula is C47H51F2N7O6. The van der Waals surface area contributed by atoms with Crippen molar-refractivity contribution in [3.63, 3.8) is 0 Å². The number of hydrogen-bond donors (Lipinski definition) is 2. The fraction of sp³-hybridized carbons (Fsp3) is 0.468. The predicted molar refractivity (Wildman–Crippen MR) is 226 cm³/mol. The quantitative estimate of drug-likeness (QED) is 0.223. The number of aromatic nitrogens is 1. The summed E-state index contributed by atoms with van der Waals surface area (Å²) in [5, 5.41) is 3.36.